The molecule has 8 bridgehead atoms. The number of rotatable bonds is 12. The molecular weight excluding hydrogens is 1450 g/mol. The number of nitrogens with zero attached hydrogens (tertiary/aromatic N) is 4. The first-order valence-corrected chi connectivity index (χ1v) is 40.7. The van der Waals surface area contributed by atoms with Gasteiger partial charge in [0.05, 0.1) is 63.0 Å². The van der Waals surface area contributed by atoms with Crippen LogP contribution >= 0.6 is 0 Å². The van der Waals surface area contributed by atoms with Crippen LogP contribution in [0.5, 0.6) is 11.5 Å². The van der Waals surface area contributed by atoms with Crippen LogP contribution in [-0.4, -0.2) is 165 Å². The van der Waals surface area contributed by atoms with Gasteiger partial charge in [0, 0.05) is 178 Å². The molecule has 20 rings (SSSR count). The summed E-state index contributed by atoms with van der Waals surface area (Å²) in [4.78, 5) is 52.5. The van der Waals surface area contributed by atoms with Crippen LogP contribution < -0.4 is 22.9 Å². The number of aromatic hydroxyl groups is 2. The molecule has 12 aliphatic carbocycles. The zero-order valence-electron chi connectivity index (χ0n) is 62.5. The first-order valence-electron chi connectivity index (χ1n) is 40.7. The number of nitrogens with two attached hydrogens (primary N) is 4. The maximum Gasteiger partial charge on any atom is 0.252 e. The van der Waals surface area contributed by atoms with E-state index in [2.05, 4.69) is 48.2 Å². The average molecular weight is 1570 g/mol. The molecule has 12 N–H and O–H groups in total. The van der Waals surface area contributed by atoms with E-state index in [1.807, 2.05) is 24.3 Å². The summed E-state index contributed by atoms with van der Waals surface area (Å²) in [6.07, 6.45) is 37.5. The molecule has 0 spiro atoms. The van der Waals surface area contributed by atoms with Crippen molar-refractivity contribution in [2.45, 2.75) is 262 Å². The molecule has 18 heteroatoms. The first kappa shape index (κ1) is 75.7. The third-order valence-corrected chi connectivity index (χ3v) is 31.6. The van der Waals surface area contributed by atoms with Gasteiger partial charge in [-0.1, -0.05) is 75.6 Å². The summed E-state index contributed by atoms with van der Waals surface area (Å²) in [5.41, 5.74) is 31.9. The second kappa shape index (κ2) is 28.3. The second-order valence-electron chi connectivity index (χ2n) is 37.2. The minimum atomic E-state index is -0.820. The van der Waals surface area contributed by atoms with E-state index in [4.69, 9.17) is 22.9 Å². The molecule has 2 radical (unpaired) electrons. The number of amides is 4. The summed E-state index contributed by atoms with van der Waals surface area (Å²) >= 11 is 0. The average Bonchev–Trinajstić information content (AvgIpc) is 1.65. The molecule has 16 aliphatic rings. The first-order chi connectivity index (χ1) is 49.0. The fourth-order valence-corrected chi connectivity index (χ4v) is 26.0. The van der Waals surface area contributed by atoms with E-state index >= 15 is 0 Å². The quantitative estimate of drug-likeness (QED) is 0.0622. The van der Waals surface area contributed by atoms with Crippen LogP contribution in [0.3, 0.4) is 0 Å². The zero-order chi connectivity index (χ0) is 70.7. The van der Waals surface area contributed by atoms with E-state index in [1.54, 1.807) is 12.1 Å². The smallest absolute Gasteiger partial charge is 0.252 e. The number of piperidine rings is 4. The number of fused-ring (bicyclic) bond motifs is 4. The minimum Gasteiger partial charge on any atom is -0.507 e. The molecule has 14 atom stereocenters. The van der Waals surface area contributed by atoms with Gasteiger partial charge < -0.3 is 52.3 Å². The van der Waals surface area contributed by atoms with Gasteiger partial charge in [-0.05, 0) is 229 Å². The molecule has 4 aromatic carbocycles. The summed E-state index contributed by atoms with van der Waals surface area (Å²) in [6, 6.07) is 21.7. The van der Waals surface area contributed by atoms with Gasteiger partial charge in [0.2, 0.25) is 11.8 Å². The predicted octanol–water partition coefficient (Wildman–Crippen LogP) is 10.9. The number of primary amides is 4. The number of likely N-dealkylation sites (tertiary alicyclic amines) is 4. The van der Waals surface area contributed by atoms with Gasteiger partial charge in [0.1, 0.15) is 23.1 Å². The van der Waals surface area contributed by atoms with E-state index in [-0.39, 0.29) is 112 Å². The van der Waals surface area contributed by atoms with Crippen molar-refractivity contribution in [2.24, 2.45) is 58.4 Å². The van der Waals surface area contributed by atoms with Gasteiger partial charge >= 0.3 is 0 Å². The van der Waals surface area contributed by atoms with E-state index in [0.717, 1.165) is 178 Å². The summed E-state index contributed by atoms with van der Waals surface area (Å²) in [7, 11) is 4.88. The Morgan fingerprint density at radius 2 is 0.913 bits per heavy atom. The SMILES string of the molecule is C[N+]1(CC2CC2)CCC23CCCCC2(O)C1Cc1ccc(C(N)=O)c(O)c13.C[N+]1(CC2CC2)CCC23CCCCC2C1Cc1ccc(C(N)=O)cc13.NC(=O)c1ccc2c(c1)C13CCCCC1C(C2)N(CC1CC1)CC3.NC(=O)c1ccc2c(c1O)C13CCCCC1(O)C(C2)N(CC1CC1)CC3.[Y].[Y]. The largest absolute Gasteiger partial charge is 0.507 e. The Bertz CT molecular complexity index is 4030. The molecule has 16 nitrogen and oxygen atoms in total. The number of carbonyl (C=O) groups is 4. The van der Waals surface area contributed by atoms with E-state index < -0.39 is 33.8 Å². The maximum absolute atomic E-state index is 12.2. The Morgan fingerprint density at radius 1 is 0.452 bits per heavy atom. The van der Waals surface area contributed by atoms with E-state index in [0.29, 0.717) is 22.0 Å². The number of likely N-dealkylation sites (N-methyl/N-ethyl adjacent to an activating group) is 2. The number of benzene rings is 4. The van der Waals surface area contributed by atoms with Crippen molar-refractivity contribution in [3.63, 3.8) is 0 Å². The third kappa shape index (κ3) is 12.6. The van der Waals surface area contributed by atoms with Crippen LogP contribution in [0.2, 0.25) is 0 Å². The Hall–Kier alpha value is -3.67. The number of hydrogen-bond acceptors (Lipinski definition) is 10. The van der Waals surface area contributed by atoms with Crippen LogP contribution in [0.4, 0.5) is 0 Å². The van der Waals surface area contributed by atoms with Crippen molar-refractivity contribution in [3.05, 3.63) is 127 Å². The van der Waals surface area contributed by atoms with Crippen molar-refractivity contribution in [1.29, 1.82) is 0 Å². The molecule has 12 fully saturated rings. The Labute approximate surface area is 668 Å². The topological polar surface area (TPSA) is 260 Å². The molecule has 8 saturated carbocycles. The molecule has 4 aliphatic heterocycles. The molecule has 0 aromatic heterocycles. The van der Waals surface area contributed by atoms with Crippen LogP contribution in [0.15, 0.2) is 60.7 Å². The van der Waals surface area contributed by atoms with Gasteiger partial charge in [0.25, 0.3) is 11.8 Å². The summed E-state index contributed by atoms with van der Waals surface area (Å²) < 4.78 is 2.24. The molecule has 4 heterocycles. The number of phenols is 2. The minimum absolute atomic E-state index is 0. The fourth-order valence-electron chi connectivity index (χ4n) is 26.0. The molecule has 4 aromatic rings. The monoisotopic (exact) mass is 1570 g/mol. The molecule has 4 amide bonds. The van der Waals surface area contributed by atoms with Gasteiger partial charge in [-0.15, -0.1) is 0 Å². The van der Waals surface area contributed by atoms with Crippen molar-refractivity contribution in [2.75, 3.05) is 66.5 Å². The van der Waals surface area contributed by atoms with Crippen LogP contribution in [0.1, 0.15) is 266 Å². The van der Waals surface area contributed by atoms with Gasteiger partial charge in [-0.25, -0.2) is 0 Å². The van der Waals surface area contributed by atoms with E-state index in [1.165, 1.54) is 181 Å². The Kier molecular flexibility index (Phi) is 20.6. The fraction of sp³-hybridized carbons (Fsp3) is 0.674. The number of hydrogen-bond donors (Lipinski definition) is 8. The predicted molar refractivity (Wildman–Crippen MR) is 395 cm³/mol. The van der Waals surface area contributed by atoms with Crippen molar-refractivity contribution in [3.8, 4) is 11.5 Å². The summed E-state index contributed by atoms with van der Waals surface area (Å²) in [5.74, 6) is 3.43. The molecular formula is C86H118N8O8Y2+2. The van der Waals surface area contributed by atoms with Gasteiger partial charge in [-0.2, -0.15) is 0 Å². The molecule has 554 valence electrons. The third-order valence-electron chi connectivity index (χ3n) is 31.6. The molecule has 104 heavy (non-hydrogen) atoms. The summed E-state index contributed by atoms with van der Waals surface area (Å²) in [5, 5.41) is 46.2. The summed E-state index contributed by atoms with van der Waals surface area (Å²) in [6.45, 7) is 9.52. The van der Waals surface area contributed by atoms with Gasteiger partial charge in [-0.3, -0.25) is 29.0 Å². The molecule has 14 unspecified atom stereocenters. The number of carbonyl (C=O) groups excluding carboxylic acids is 4. The van der Waals surface area contributed by atoms with Crippen molar-refractivity contribution in [1.82, 2.24) is 9.80 Å². The van der Waals surface area contributed by atoms with Crippen LogP contribution in [-0.2, 0) is 113 Å². The number of quaternary nitrogens is 2. The zero-order valence-corrected chi connectivity index (χ0v) is 68.2. The Balaban J connectivity index is 0.000000111. The van der Waals surface area contributed by atoms with Crippen molar-refractivity contribution < 1.29 is 114 Å². The van der Waals surface area contributed by atoms with Crippen molar-refractivity contribution >= 4 is 23.6 Å². The van der Waals surface area contributed by atoms with Crippen LogP contribution in [0, 0.1) is 35.5 Å². The maximum atomic E-state index is 12.2. The van der Waals surface area contributed by atoms with E-state index in [9.17, 15) is 39.6 Å². The Morgan fingerprint density at radius 3 is 1.47 bits per heavy atom. The van der Waals surface area contributed by atoms with Crippen LogP contribution in [0.25, 0.3) is 0 Å². The standard InChI is InChI=1S/C22H30N2O3.C22H30N2O.C21H28N2O3.C21H28N2O.2Y/c1-24(13-14-4-5-14)11-10-21-8-2-3-9-22(21,27)17(24)12-15-6-7-16(20(23)26)19(25)18(15)21;1-24(14-15-5-6-15)11-10-22-9-3-2-4-18(22)20(24)13-16-7-8-17(21(23)25)12-19(16)22;22-19(25)15-6-5-14-11-16-21(26)8-2-1-7-20(21,17(14)18(15)24)9-10-23(16)12-13-3-4-13;22-20(24)16-7-6-15-12-19-17-3-1-2-8-21(17,18(15)11-16)9-10-23(19)13-14-4-5-14;;/h6-7,14,17,27H,2-5,8-13H2,1H3,(H2-,23,25,26);7-8,12,15,18,20H,2-6,9-11,13-14H2,1H3,(H-,23,25);5-6,13,16,24,26H,1-4,7-12H2,(H2,22,25);6-7,11,14,17,19H,1-5,8-10,12-13H2,(H2,22,24);;/p+2. The normalized spacial score (nSPS) is 37.1. The number of aliphatic hydroxyl groups is 2. The second-order valence-corrected chi connectivity index (χ2v) is 37.2. The van der Waals surface area contributed by atoms with Gasteiger partial charge in [0.15, 0.2) is 0 Å². The molecule has 4 saturated heterocycles.